The van der Waals surface area contributed by atoms with Crippen LogP contribution in [0.5, 0.6) is 0 Å². The van der Waals surface area contributed by atoms with Crippen LogP contribution >= 0.6 is 27.7 Å². The van der Waals surface area contributed by atoms with E-state index in [0.29, 0.717) is 10.7 Å². The largest absolute Gasteiger partial charge is 0.327 e. The minimum Gasteiger partial charge on any atom is -0.327 e. The van der Waals surface area contributed by atoms with Crippen molar-refractivity contribution in [3.63, 3.8) is 0 Å². The highest BCUT2D eigenvalue weighted by atomic mass is 79.9. The molecule has 4 heteroatoms. The molecule has 3 atom stereocenters. The molecule has 1 heterocycles. The minimum atomic E-state index is 0.289. The topological polar surface area (TPSA) is 38.9 Å². The standard InChI is InChI=1S/C15H23BrN2S/c1-15(2,3)10-6-7-12(17)13(9-10)19-14-11(16)5-4-8-18-14/h4-5,8,10,12-13H,6-7,9,17H2,1-3H3. The predicted molar refractivity (Wildman–Crippen MR) is 86.4 cm³/mol. The molecular formula is C15H23BrN2S. The van der Waals surface area contributed by atoms with Crippen molar-refractivity contribution < 1.29 is 0 Å². The Bertz CT molecular complexity index is 430. The number of halogens is 1. The van der Waals surface area contributed by atoms with E-state index in [-0.39, 0.29) is 6.04 Å². The van der Waals surface area contributed by atoms with Crippen molar-refractivity contribution in [2.24, 2.45) is 17.1 Å². The summed E-state index contributed by atoms with van der Waals surface area (Å²) in [7, 11) is 0. The van der Waals surface area contributed by atoms with Crippen molar-refractivity contribution in [2.75, 3.05) is 0 Å². The summed E-state index contributed by atoms with van der Waals surface area (Å²) in [4.78, 5) is 4.45. The molecular weight excluding hydrogens is 320 g/mol. The zero-order chi connectivity index (χ0) is 14.0. The fourth-order valence-corrected chi connectivity index (χ4v) is 4.44. The van der Waals surface area contributed by atoms with Crippen LogP contribution < -0.4 is 5.73 Å². The molecule has 2 rings (SSSR count). The first kappa shape index (κ1) is 15.3. The predicted octanol–water partition coefficient (Wildman–Crippen LogP) is 4.48. The van der Waals surface area contributed by atoms with Crippen molar-refractivity contribution in [2.45, 2.75) is 56.4 Å². The Morgan fingerprint density at radius 3 is 2.74 bits per heavy atom. The number of nitrogens with two attached hydrogens (primary N) is 1. The van der Waals surface area contributed by atoms with Crippen molar-refractivity contribution in [1.82, 2.24) is 4.98 Å². The van der Waals surface area contributed by atoms with Crippen LogP contribution in [0.2, 0.25) is 0 Å². The van der Waals surface area contributed by atoms with Gasteiger partial charge in [0, 0.05) is 22.0 Å². The van der Waals surface area contributed by atoms with Crippen LogP contribution in [0.15, 0.2) is 27.8 Å². The fraction of sp³-hybridized carbons (Fsp3) is 0.667. The van der Waals surface area contributed by atoms with E-state index in [1.807, 2.05) is 30.1 Å². The zero-order valence-electron chi connectivity index (χ0n) is 11.9. The maximum absolute atomic E-state index is 6.32. The third-order valence-electron chi connectivity index (χ3n) is 4.06. The lowest BCUT2D eigenvalue weighted by molar-refractivity contribution is 0.174. The molecule has 1 saturated carbocycles. The van der Waals surface area contributed by atoms with E-state index >= 15 is 0 Å². The third-order valence-corrected chi connectivity index (χ3v) is 6.35. The van der Waals surface area contributed by atoms with Gasteiger partial charge in [-0.05, 0) is 58.7 Å². The van der Waals surface area contributed by atoms with Crippen LogP contribution in [-0.4, -0.2) is 16.3 Å². The Morgan fingerprint density at radius 2 is 2.11 bits per heavy atom. The maximum atomic E-state index is 6.32. The van der Waals surface area contributed by atoms with Gasteiger partial charge in [0.15, 0.2) is 0 Å². The van der Waals surface area contributed by atoms with Crippen LogP contribution in [0.4, 0.5) is 0 Å². The molecule has 2 nitrogen and oxygen atoms in total. The van der Waals surface area contributed by atoms with Gasteiger partial charge in [-0.25, -0.2) is 4.98 Å². The summed E-state index contributed by atoms with van der Waals surface area (Å²) >= 11 is 5.41. The van der Waals surface area contributed by atoms with Gasteiger partial charge in [-0.3, -0.25) is 0 Å². The lowest BCUT2D eigenvalue weighted by Gasteiger charge is -2.40. The Labute approximate surface area is 129 Å². The Kier molecular flexibility index (Phi) is 4.96. The summed E-state index contributed by atoms with van der Waals surface area (Å²) in [6.45, 7) is 7.02. The molecule has 1 aromatic rings. The van der Waals surface area contributed by atoms with E-state index in [9.17, 15) is 0 Å². The van der Waals surface area contributed by atoms with Crippen LogP contribution in [0.1, 0.15) is 40.0 Å². The normalized spacial score (nSPS) is 28.4. The smallest absolute Gasteiger partial charge is 0.110 e. The molecule has 106 valence electrons. The fourth-order valence-electron chi connectivity index (χ4n) is 2.68. The van der Waals surface area contributed by atoms with Crippen molar-refractivity contribution in [1.29, 1.82) is 0 Å². The number of hydrogen-bond donors (Lipinski definition) is 1. The quantitative estimate of drug-likeness (QED) is 0.861. The average molecular weight is 343 g/mol. The third kappa shape index (κ3) is 3.96. The SMILES string of the molecule is CC(C)(C)C1CCC(N)C(Sc2ncccc2Br)C1. The van der Waals surface area contributed by atoms with E-state index < -0.39 is 0 Å². The molecule has 0 aliphatic heterocycles. The summed E-state index contributed by atoms with van der Waals surface area (Å²) in [5.74, 6) is 0.757. The molecule has 19 heavy (non-hydrogen) atoms. The van der Waals surface area contributed by atoms with E-state index in [0.717, 1.165) is 21.8 Å². The molecule has 1 aliphatic carbocycles. The van der Waals surface area contributed by atoms with Gasteiger partial charge in [0.1, 0.15) is 5.03 Å². The van der Waals surface area contributed by atoms with Gasteiger partial charge in [0.2, 0.25) is 0 Å². The van der Waals surface area contributed by atoms with Crippen LogP contribution in [0, 0.1) is 11.3 Å². The van der Waals surface area contributed by atoms with Crippen LogP contribution in [-0.2, 0) is 0 Å². The molecule has 0 aromatic carbocycles. The monoisotopic (exact) mass is 342 g/mol. The van der Waals surface area contributed by atoms with E-state index in [4.69, 9.17) is 5.73 Å². The molecule has 0 spiro atoms. The van der Waals surface area contributed by atoms with Gasteiger partial charge >= 0.3 is 0 Å². The van der Waals surface area contributed by atoms with Gasteiger partial charge in [0.05, 0.1) is 0 Å². The second-order valence-corrected chi connectivity index (χ2v) is 8.57. The molecule has 0 amide bonds. The summed E-state index contributed by atoms with van der Waals surface area (Å²) in [6.07, 6.45) is 5.43. The second kappa shape index (κ2) is 6.15. The van der Waals surface area contributed by atoms with E-state index in [1.165, 1.54) is 12.8 Å². The molecule has 1 aromatic heterocycles. The van der Waals surface area contributed by atoms with Gasteiger partial charge < -0.3 is 5.73 Å². The number of hydrogen-bond acceptors (Lipinski definition) is 3. The molecule has 1 aliphatic rings. The number of pyridine rings is 1. The Morgan fingerprint density at radius 1 is 1.37 bits per heavy atom. The summed E-state index contributed by atoms with van der Waals surface area (Å²) in [6, 6.07) is 4.29. The second-order valence-electron chi connectivity index (χ2n) is 6.49. The highest BCUT2D eigenvalue weighted by Crippen LogP contribution is 2.43. The molecule has 0 saturated heterocycles. The lowest BCUT2D eigenvalue weighted by atomic mass is 9.71. The number of rotatable bonds is 2. The Hall–Kier alpha value is -0.0600. The van der Waals surface area contributed by atoms with Crippen molar-refractivity contribution >= 4 is 27.7 Å². The highest BCUT2D eigenvalue weighted by molar-refractivity contribution is 9.10. The van der Waals surface area contributed by atoms with E-state index in [1.54, 1.807) is 0 Å². The van der Waals surface area contributed by atoms with E-state index in [2.05, 4.69) is 41.7 Å². The number of aromatic nitrogens is 1. The van der Waals surface area contributed by atoms with Gasteiger partial charge in [-0.2, -0.15) is 0 Å². The molecule has 2 N–H and O–H groups in total. The first-order valence-electron chi connectivity index (χ1n) is 6.90. The van der Waals surface area contributed by atoms with Crippen molar-refractivity contribution in [3.8, 4) is 0 Å². The molecule has 3 unspecified atom stereocenters. The summed E-state index contributed by atoms with van der Waals surface area (Å²) in [5, 5.41) is 1.54. The van der Waals surface area contributed by atoms with Gasteiger partial charge in [-0.15, -0.1) is 11.8 Å². The maximum Gasteiger partial charge on any atom is 0.110 e. The summed E-state index contributed by atoms with van der Waals surface area (Å²) in [5.41, 5.74) is 6.69. The highest BCUT2D eigenvalue weighted by Gasteiger charge is 2.35. The summed E-state index contributed by atoms with van der Waals surface area (Å²) < 4.78 is 1.07. The van der Waals surface area contributed by atoms with Gasteiger partial charge in [0.25, 0.3) is 0 Å². The number of thioether (sulfide) groups is 1. The Balaban J connectivity index is 2.08. The minimum absolute atomic E-state index is 0.289. The lowest BCUT2D eigenvalue weighted by Crippen LogP contribution is -2.41. The average Bonchev–Trinajstić information content (AvgIpc) is 2.33. The van der Waals surface area contributed by atoms with Gasteiger partial charge in [-0.1, -0.05) is 20.8 Å². The first-order valence-corrected chi connectivity index (χ1v) is 8.58. The molecule has 1 fully saturated rings. The molecule has 0 bridgehead atoms. The van der Waals surface area contributed by atoms with Crippen LogP contribution in [0.25, 0.3) is 0 Å². The molecule has 0 radical (unpaired) electrons. The zero-order valence-corrected chi connectivity index (χ0v) is 14.3. The first-order chi connectivity index (χ1) is 8.88. The van der Waals surface area contributed by atoms with Crippen LogP contribution in [0.3, 0.4) is 0 Å². The van der Waals surface area contributed by atoms with Crippen molar-refractivity contribution in [3.05, 3.63) is 22.8 Å². The number of nitrogens with zero attached hydrogens (tertiary/aromatic N) is 1.